The lowest BCUT2D eigenvalue weighted by molar-refractivity contribution is -0.140. The Morgan fingerprint density at radius 3 is 2.47 bits per heavy atom. The van der Waals surface area contributed by atoms with Gasteiger partial charge in [0.25, 0.3) is 11.8 Å². The molecular weight excluding hydrogens is 584 g/mol. The second-order valence-corrected chi connectivity index (χ2v) is 10.2. The molecule has 2 amide bonds. The Balaban J connectivity index is 1.53. The lowest BCUT2D eigenvalue weighted by atomic mass is 9.85. The Hall–Kier alpha value is -5.65. The minimum atomic E-state index is -1.17. The summed E-state index contributed by atoms with van der Waals surface area (Å²) in [5, 5.41) is 21.2. The van der Waals surface area contributed by atoms with Crippen LogP contribution in [-0.2, 0) is 16.0 Å². The number of carbonyl (C=O) groups is 3. The molecule has 5 rings (SSSR count). The fourth-order valence-corrected chi connectivity index (χ4v) is 5.48. The first-order valence-electron chi connectivity index (χ1n) is 13.9. The van der Waals surface area contributed by atoms with Gasteiger partial charge in [0.15, 0.2) is 17.6 Å². The third-order valence-electron chi connectivity index (χ3n) is 7.59. The van der Waals surface area contributed by atoms with Gasteiger partial charge in [0, 0.05) is 17.8 Å². The first-order chi connectivity index (χ1) is 21.6. The average molecular weight is 614 g/mol. The summed E-state index contributed by atoms with van der Waals surface area (Å²) in [6, 6.07) is 13.3. The fourth-order valence-electron chi connectivity index (χ4n) is 5.48. The molecule has 2 atom stereocenters. The molecule has 2 aliphatic rings. The maximum Gasteiger partial charge on any atom is 0.335 e. The van der Waals surface area contributed by atoms with Crippen molar-refractivity contribution in [1.29, 1.82) is 0 Å². The Bertz CT molecular complexity index is 1750. The fraction of sp³-hybridized carbons (Fsp3) is 0.182. The molecular formula is C33H29F2N5O5. The van der Waals surface area contributed by atoms with E-state index in [-0.39, 0.29) is 35.7 Å². The third kappa shape index (κ3) is 6.07. The zero-order valence-corrected chi connectivity index (χ0v) is 24.2. The summed E-state index contributed by atoms with van der Waals surface area (Å²) in [6.07, 6.45) is 3.01. The van der Waals surface area contributed by atoms with Crippen LogP contribution >= 0.6 is 0 Å². The number of carboxylic acid groups (broad SMARTS) is 1. The zero-order chi connectivity index (χ0) is 32.2. The molecule has 0 aromatic heterocycles. The largest absolute Gasteiger partial charge is 0.494 e. The molecule has 12 heteroatoms. The van der Waals surface area contributed by atoms with Gasteiger partial charge >= 0.3 is 5.97 Å². The normalized spacial score (nSPS) is 17.4. The SMILES string of the molecule is C=CC=C(C(=C)F)N1CC(C(=O)N2CCc3c(-c4cccc(OC)c4F)cccc3C2C(=O)Nc2ccc(C(=O)O)cc2)N=N1. The van der Waals surface area contributed by atoms with Crippen molar-refractivity contribution in [3.05, 3.63) is 120 Å². The van der Waals surface area contributed by atoms with Crippen LogP contribution in [0.1, 0.15) is 27.5 Å². The standard InChI is InChI=1S/C33H29F2N5O5/c1-4-7-27(19(2)34)40-18-26(37-38-40)32(42)39-17-16-23-22(24-9-6-11-28(45-3)29(24)35)8-5-10-25(23)30(39)31(41)36-21-14-12-20(13-15-21)33(43)44/h4-15,26,30H,1-2,16-18H2,3H3,(H,36,41)(H,43,44). The summed E-state index contributed by atoms with van der Waals surface area (Å²) in [7, 11) is 1.37. The molecule has 0 saturated heterocycles. The second kappa shape index (κ2) is 12.9. The highest BCUT2D eigenvalue weighted by molar-refractivity contribution is 6.00. The molecule has 2 N–H and O–H groups in total. The number of carboxylic acids is 1. The number of fused-ring (bicyclic) bond motifs is 1. The summed E-state index contributed by atoms with van der Waals surface area (Å²) in [4.78, 5) is 40.6. The van der Waals surface area contributed by atoms with E-state index in [1.54, 1.807) is 30.3 Å². The number of hydrogen-bond acceptors (Lipinski definition) is 7. The van der Waals surface area contributed by atoms with E-state index < -0.39 is 41.5 Å². The highest BCUT2D eigenvalue weighted by Crippen LogP contribution is 2.39. The number of benzene rings is 3. The van der Waals surface area contributed by atoms with Gasteiger partial charge in [-0.05, 0) is 59.5 Å². The van der Waals surface area contributed by atoms with Crippen molar-refractivity contribution in [2.24, 2.45) is 10.3 Å². The Morgan fingerprint density at radius 1 is 1.09 bits per heavy atom. The molecule has 2 heterocycles. The molecule has 2 unspecified atom stereocenters. The van der Waals surface area contributed by atoms with Gasteiger partial charge in [-0.1, -0.05) is 54.8 Å². The molecule has 2 aliphatic heterocycles. The predicted octanol–water partition coefficient (Wildman–Crippen LogP) is 5.87. The van der Waals surface area contributed by atoms with E-state index in [1.165, 1.54) is 59.5 Å². The van der Waals surface area contributed by atoms with Crippen molar-refractivity contribution < 1.29 is 33.0 Å². The van der Waals surface area contributed by atoms with Crippen molar-refractivity contribution in [2.45, 2.75) is 18.5 Å². The van der Waals surface area contributed by atoms with E-state index >= 15 is 4.39 Å². The lowest BCUT2D eigenvalue weighted by Crippen LogP contribution is -2.49. The van der Waals surface area contributed by atoms with Crippen LogP contribution in [0.25, 0.3) is 11.1 Å². The number of rotatable bonds is 9. The van der Waals surface area contributed by atoms with Crippen molar-refractivity contribution >= 4 is 23.5 Å². The number of aromatic carboxylic acids is 1. The maximum absolute atomic E-state index is 15.4. The lowest BCUT2D eigenvalue weighted by Gasteiger charge is -2.38. The molecule has 3 aromatic rings. The van der Waals surface area contributed by atoms with Gasteiger partial charge in [-0.15, -0.1) is 0 Å². The number of nitrogens with zero attached hydrogens (tertiary/aromatic N) is 4. The molecule has 0 saturated carbocycles. The number of nitrogens with one attached hydrogen (secondary N) is 1. The maximum atomic E-state index is 15.4. The van der Waals surface area contributed by atoms with Gasteiger partial charge in [-0.2, -0.15) is 5.11 Å². The van der Waals surface area contributed by atoms with Crippen LogP contribution in [0.2, 0.25) is 0 Å². The van der Waals surface area contributed by atoms with Crippen molar-refractivity contribution in [3.63, 3.8) is 0 Å². The van der Waals surface area contributed by atoms with E-state index in [2.05, 4.69) is 28.8 Å². The van der Waals surface area contributed by atoms with Crippen LogP contribution in [0.5, 0.6) is 5.75 Å². The smallest absolute Gasteiger partial charge is 0.335 e. The van der Waals surface area contributed by atoms with E-state index in [9.17, 15) is 23.9 Å². The van der Waals surface area contributed by atoms with Crippen LogP contribution < -0.4 is 10.1 Å². The number of carbonyl (C=O) groups excluding carboxylic acids is 2. The van der Waals surface area contributed by atoms with E-state index in [0.717, 1.165) is 0 Å². The van der Waals surface area contributed by atoms with Crippen LogP contribution in [-0.4, -0.2) is 59.0 Å². The van der Waals surface area contributed by atoms with Crippen molar-refractivity contribution in [1.82, 2.24) is 9.91 Å². The van der Waals surface area contributed by atoms with Crippen molar-refractivity contribution in [2.75, 3.05) is 25.5 Å². The number of methoxy groups -OCH3 is 1. The molecule has 0 spiro atoms. The number of anilines is 1. The van der Waals surface area contributed by atoms with Crippen LogP contribution in [0.4, 0.5) is 14.5 Å². The summed E-state index contributed by atoms with van der Waals surface area (Å²) < 4.78 is 34.7. The Labute approximate surface area is 257 Å². The topological polar surface area (TPSA) is 124 Å². The second-order valence-electron chi connectivity index (χ2n) is 10.2. The minimum Gasteiger partial charge on any atom is -0.494 e. The summed E-state index contributed by atoms with van der Waals surface area (Å²) >= 11 is 0. The molecule has 230 valence electrons. The first-order valence-corrected chi connectivity index (χ1v) is 13.9. The van der Waals surface area contributed by atoms with Gasteiger partial charge in [-0.3, -0.25) is 9.59 Å². The molecule has 45 heavy (non-hydrogen) atoms. The summed E-state index contributed by atoms with van der Waals surface area (Å²) in [6.45, 7) is 6.86. The van der Waals surface area contributed by atoms with Gasteiger partial charge in [0.1, 0.15) is 11.9 Å². The Morgan fingerprint density at radius 2 is 1.80 bits per heavy atom. The average Bonchev–Trinajstić information content (AvgIpc) is 3.52. The summed E-state index contributed by atoms with van der Waals surface area (Å²) in [5.74, 6) is -3.49. The van der Waals surface area contributed by atoms with Crippen LogP contribution in [0, 0.1) is 5.82 Å². The minimum absolute atomic E-state index is 0.00269. The van der Waals surface area contributed by atoms with Crippen LogP contribution in [0.15, 0.2) is 108 Å². The number of allylic oxidation sites excluding steroid dienone is 3. The highest BCUT2D eigenvalue weighted by Gasteiger charge is 2.41. The number of halogens is 2. The van der Waals surface area contributed by atoms with E-state index in [0.29, 0.717) is 28.8 Å². The monoisotopic (exact) mass is 613 g/mol. The third-order valence-corrected chi connectivity index (χ3v) is 7.59. The Kier molecular flexibility index (Phi) is 8.84. The summed E-state index contributed by atoms with van der Waals surface area (Å²) in [5.41, 5.74) is 2.33. The van der Waals surface area contributed by atoms with Gasteiger partial charge in [-0.25, -0.2) is 18.6 Å². The van der Waals surface area contributed by atoms with Gasteiger partial charge in [0.05, 0.1) is 24.9 Å². The number of hydrogen-bond donors (Lipinski definition) is 2. The molecule has 0 aliphatic carbocycles. The van der Waals surface area contributed by atoms with E-state index in [4.69, 9.17) is 4.74 Å². The molecule has 3 aromatic carbocycles. The molecule has 10 nitrogen and oxygen atoms in total. The zero-order valence-electron chi connectivity index (χ0n) is 24.2. The number of amides is 2. The quantitative estimate of drug-likeness (QED) is 0.291. The molecule has 0 bridgehead atoms. The van der Waals surface area contributed by atoms with Crippen molar-refractivity contribution in [3.8, 4) is 16.9 Å². The van der Waals surface area contributed by atoms with E-state index in [1.807, 2.05) is 0 Å². The molecule has 0 fully saturated rings. The highest BCUT2D eigenvalue weighted by atomic mass is 19.1. The van der Waals surface area contributed by atoms with Crippen LogP contribution in [0.3, 0.4) is 0 Å². The number of ether oxygens (including phenoxy) is 1. The predicted molar refractivity (Wildman–Crippen MR) is 162 cm³/mol. The van der Waals surface area contributed by atoms with Gasteiger partial charge in [0.2, 0.25) is 0 Å². The molecule has 0 radical (unpaired) electrons. The van der Waals surface area contributed by atoms with Gasteiger partial charge < -0.3 is 20.1 Å². The first kappa shape index (κ1) is 30.8.